The van der Waals surface area contributed by atoms with E-state index in [1.807, 2.05) is 0 Å². The van der Waals surface area contributed by atoms with Gasteiger partial charge >= 0.3 is 12.1 Å². The number of halogens is 5. The number of rotatable bonds is 6. The molecule has 0 fully saturated rings. The Labute approximate surface area is 110 Å². The molecule has 0 saturated heterocycles. The van der Waals surface area contributed by atoms with Crippen LogP contribution in [-0.2, 0) is 11.3 Å². The molecule has 0 radical (unpaired) electrons. The molecule has 20 heavy (non-hydrogen) atoms. The molecule has 0 aliphatic rings. The normalized spacial score (nSPS) is 11.9. The maximum atomic E-state index is 12.9. The lowest BCUT2D eigenvalue weighted by atomic mass is 10.3. The van der Waals surface area contributed by atoms with Crippen LogP contribution >= 0.6 is 0 Å². The number of hydrogen-bond donors (Lipinski definition) is 0. The quantitative estimate of drug-likeness (QED) is 0.599. The number of carbonyl (C=O) groups is 1. The first-order valence-electron chi connectivity index (χ1n) is 5.71. The Bertz CT molecular complexity index is 458. The molecule has 0 N–H and O–H groups in total. The van der Waals surface area contributed by atoms with Gasteiger partial charge in [0, 0.05) is 13.0 Å². The number of carbonyl (C=O) groups excluding carboxylic acids is 1. The average Bonchev–Trinajstić information content (AvgIpc) is 2.71. The van der Waals surface area contributed by atoms with Crippen molar-refractivity contribution in [1.29, 1.82) is 0 Å². The summed E-state index contributed by atoms with van der Waals surface area (Å²) >= 11 is 0. The van der Waals surface area contributed by atoms with E-state index in [1.54, 1.807) is 0 Å². The second kappa shape index (κ2) is 6.62. The van der Waals surface area contributed by atoms with Gasteiger partial charge in [-0.15, -0.1) is 5.10 Å². The van der Waals surface area contributed by atoms with Crippen molar-refractivity contribution in [3.63, 3.8) is 0 Å². The molecular weight excluding hydrogens is 289 g/mol. The van der Waals surface area contributed by atoms with Crippen LogP contribution in [0, 0.1) is 0 Å². The topological polar surface area (TPSA) is 57.0 Å². The summed E-state index contributed by atoms with van der Waals surface area (Å²) in [7, 11) is 0. The summed E-state index contributed by atoms with van der Waals surface area (Å²) in [5.74, 6) is -1.08. The molecule has 0 unspecified atom stereocenters. The summed E-state index contributed by atoms with van der Waals surface area (Å²) in [4.78, 5) is 11.4. The van der Waals surface area contributed by atoms with Gasteiger partial charge in [0.1, 0.15) is 5.69 Å². The van der Waals surface area contributed by atoms with Crippen LogP contribution in [0.5, 0.6) is 0 Å². The predicted molar refractivity (Wildman–Crippen MR) is 56.2 cm³/mol. The van der Waals surface area contributed by atoms with Crippen LogP contribution in [0.2, 0.25) is 0 Å². The molecule has 0 aromatic carbocycles. The molecule has 0 amide bonds. The fraction of sp³-hybridized carbons (Fsp3) is 0.700. The van der Waals surface area contributed by atoms with E-state index < -0.39 is 49.3 Å². The minimum Gasteiger partial charge on any atom is -0.461 e. The van der Waals surface area contributed by atoms with Crippen molar-refractivity contribution in [2.45, 2.75) is 38.9 Å². The number of ether oxygens (including phenoxy) is 1. The molecule has 1 aromatic heterocycles. The zero-order chi connectivity index (χ0) is 15.3. The molecule has 0 atom stereocenters. The Morgan fingerprint density at radius 1 is 1.40 bits per heavy atom. The lowest BCUT2D eigenvalue weighted by Gasteiger charge is -2.08. The lowest BCUT2D eigenvalue weighted by molar-refractivity contribution is -0.136. The first-order valence-corrected chi connectivity index (χ1v) is 5.71. The number of esters is 1. The second-order valence-electron chi connectivity index (χ2n) is 3.79. The number of alkyl halides is 5. The Hall–Kier alpha value is -1.74. The van der Waals surface area contributed by atoms with Gasteiger partial charge in [-0.3, -0.25) is 0 Å². The molecule has 1 heterocycles. The van der Waals surface area contributed by atoms with E-state index in [2.05, 4.69) is 15.0 Å². The highest BCUT2D eigenvalue weighted by Gasteiger charge is 2.29. The molecule has 0 spiro atoms. The van der Waals surface area contributed by atoms with Crippen molar-refractivity contribution >= 4 is 5.97 Å². The van der Waals surface area contributed by atoms with Gasteiger partial charge < -0.3 is 4.74 Å². The van der Waals surface area contributed by atoms with Crippen LogP contribution in [0.3, 0.4) is 0 Å². The second-order valence-corrected chi connectivity index (χ2v) is 3.79. The molecule has 0 saturated carbocycles. The third-order valence-corrected chi connectivity index (χ3v) is 2.28. The van der Waals surface area contributed by atoms with E-state index in [-0.39, 0.29) is 6.61 Å². The molecule has 0 aliphatic heterocycles. The van der Waals surface area contributed by atoms with E-state index in [0.29, 0.717) is 4.68 Å². The highest BCUT2D eigenvalue weighted by atomic mass is 19.4. The third-order valence-electron chi connectivity index (χ3n) is 2.28. The van der Waals surface area contributed by atoms with Crippen LogP contribution in [0.15, 0.2) is 0 Å². The van der Waals surface area contributed by atoms with Crippen molar-refractivity contribution in [1.82, 2.24) is 15.0 Å². The molecular formula is C10H12F5N3O2. The summed E-state index contributed by atoms with van der Waals surface area (Å²) in [5.41, 5.74) is -1.50. The van der Waals surface area contributed by atoms with Crippen molar-refractivity contribution in [3.05, 3.63) is 11.4 Å². The van der Waals surface area contributed by atoms with E-state index in [1.165, 1.54) is 6.92 Å². The molecule has 1 rings (SSSR count). The van der Waals surface area contributed by atoms with Gasteiger partial charge in [0.05, 0.1) is 6.61 Å². The SMILES string of the molecule is CCOC(=O)c1nnn(CCCC(F)(F)F)c1C(F)F. The number of aromatic nitrogens is 3. The molecule has 0 aliphatic carbocycles. The standard InChI is InChI=1S/C10H12F5N3O2/c1-2-20-9(19)6-7(8(11)12)18(17-16-6)5-3-4-10(13,14)15/h8H,2-5H2,1H3. The molecule has 1 aromatic rings. The fourth-order valence-corrected chi connectivity index (χ4v) is 1.48. The van der Waals surface area contributed by atoms with Crippen molar-refractivity contribution in [2.75, 3.05) is 6.61 Å². The first-order chi connectivity index (χ1) is 9.26. The van der Waals surface area contributed by atoms with Gasteiger partial charge in [-0.25, -0.2) is 18.3 Å². The predicted octanol–water partition coefficient (Wildman–Crippen LogP) is 2.73. The Morgan fingerprint density at radius 3 is 2.55 bits per heavy atom. The Balaban J connectivity index is 2.84. The lowest BCUT2D eigenvalue weighted by Crippen LogP contribution is -2.13. The van der Waals surface area contributed by atoms with Gasteiger partial charge in [0.25, 0.3) is 6.43 Å². The number of aryl methyl sites for hydroxylation is 1. The van der Waals surface area contributed by atoms with Crippen LogP contribution in [0.1, 0.15) is 42.4 Å². The van der Waals surface area contributed by atoms with Crippen molar-refractivity contribution < 1.29 is 31.5 Å². The smallest absolute Gasteiger partial charge is 0.389 e. The maximum absolute atomic E-state index is 12.9. The van der Waals surface area contributed by atoms with E-state index >= 15 is 0 Å². The van der Waals surface area contributed by atoms with Crippen LogP contribution in [0.25, 0.3) is 0 Å². The summed E-state index contributed by atoms with van der Waals surface area (Å²) in [6.07, 6.45) is -9.04. The largest absolute Gasteiger partial charge is 0.461 e. The molecule has 10 heteroatoms. The van der Waals surface area contributed by atoms with Crippen LogP contribution in [0.4, 0.5) is 22.0 Å². The zero-order valence-corrected chi connectivity index (χ0v) is 10.5. The number of hydrogen-bond acceptors (Lipinski definition) is 4. The monoisotopic (exact) mass is 301 g/mol. The van der Waals surface area contributed by atoms with Gasteiger partial charge in [-0.2, -0.15) is 13.2 Å². The minimum atomic E-state index is -4.38. The van der Waals surface area contributed by atoms with E-state index in [9.17, 15) is 26.7 Å². The van der Waals surface area contributed by atoms with Gasteiger partial charge in [0.2, 0.25) is 0 Å². The van der Waals surface area contributed by atoms with Crippen LogP contribution < -0.4 is 0 Å². The average molecular weight is 301 g/mol. The highest BCUT2D eigenvalue weighted by Crippen LogP contribution is 2.25. The Morgan fingerprint density at radius 2 is 2.05 bits per heavy atom. The van der Waals surface area contributed by atoms with Gasteiger partial charge in [-0.1, -0.05) is 5.21 Å². The molecule has 0 bridgehead atoms. The highest BCUT2D eigenvalue weighted by molar-refractivity contribution is 5.88. The fourth-order valence-electron chi connectivity index (χ4n) is 1.48. The van der Waals surface area contributed by atoms with E-state index in [0.717, 1.165) is 0 Å². The number of nitrogens with zero attached hydrogens (tertiary/aromatic N) is 3. The summed E-state index contributed by atoms with van der Waals surface area (Å²) < 4.78 is 66.8. The maximum Gasteiger partial charge on any atom is 0.389 e. The summed E-state index contributed by atoms with van der Waals surface area (Å²) in [5, 5.41) is 6.53. The zero-order valence-electron chi connectivity index (χ0n) is 10.5. The third kappa shape index (κ3) is 4.42. The van der Waals surface area contributed by atoms with Crippen LogP contribution in [-0.4, -0.2) is 33.7 Å². The molecule has 5 nitrogen and oxygen atoms in total. The van der Waals surface area contributed by atoms with Gasteiger partial charge in [0.15, 0.2) is 5.69 Å². The summed E-state index contributed by atoms with van der Waals surface area (Å²) in [6.45, 7) is 1.03. The Kier molecular flexibility index (Phi) is 5.40. The van der Waals surface area contributed by atoms with E-state index in [4.69, 9.17) is 0 Å². The molecule has 114 valence electrons. The van der Waals surface area contributed by atoms with Crippen molar-refractivity contribution in [2.24, 2.45) is 0 Å². The summed E-state index contributed by atoms with van der Waals surface area (Å²) in [6, 6.07) is 0. The minimum absolute atomic E-state index is 0.0392. The van der Waals surface area contributed by atoms with Gasteiger partial charge in [-0.05, 0) is 13.3 Å². The first kappa shape index (κ1) is 16.3. The van der Waals surface area contributed by atoms with Crippen molar-refractivity contribution in [3.8, 4) is 0 Å².